The molecule has 330 valence electrons. The Morgan fingerprint density at radius 1 is 0.439 bits per heavy atom. The molecule has 2 aliphatic rings. The molecule has 0 fully saturated rings. The van der Waals surface area contributed by atoms with Crippen LogP contribution in [-0.4, -0.2) is 4.40 Å². The molecule has 3 nitrogen and oxygen atoms in total. The van der Waals surface area contributed by atoms with Gasteiger partial charge in [0.25, 0.3) is 0 Å². The van der Waals surface area contributed by atoms with Gasteiger partial charge >= 0.3 is 0 Å². The van der Waals surface area contributed by atoms with Crippen molar-refractivity contribution in [1.29, 1.82) is 0 Å². The quantitative estimate of drug-likeness (QED) is 0.160. The number of hydrogen-bond acceptors (Lipinski definition) is 4. The molecule has 0 N–H and O–H groups in total. The van der Waals surface area contributed by atoms with Gasteiger partial charge in [-0.3, -0.25) is 0 Å². The standard InChI is InChI=1S/C60H58N3PS2/c1-57(2,3)35-20-25-39(26-21-35)61-47-33-38(60(10,11)12)34-48-55(47)64(65,56-53(61)45-32-37(59(7,8)9)24-31-50(45)66-56)49-30-29-44-43-18-15-17-42-41-16-13-14-19-46(41)63(51(42)43)52(44)54(49)62(48)40-27-22-36(23-28-40)58(4,5)6/h13-34H,1-12H3. The van der Waals surface area contributed by atoms with Gasteiger partial charge < -0.3 is 14.2 Å². The minimum atomic E-state index is -2.79. The van der Waals surface area contributed by atoms with Crippen molar-refractivity contribution < 1.29 is 0 Å². The Hall–Kier alpha value is -5.45. The Morgan fingerprint density at radius 2 is 0.939 bits per heavy atom. The van der Waals surface area contributed by atoms with Crippen LogP contribution in [0.5, 0.6) is 0 Å². The van der Waals surface area contributed by atoms with E-state index in [0.717, 1.165) is 11.4 Å². The van der Waals surface area contributed by atoms with Crippen LogP contribution in [0, 0.1) is 0 Å². The van der Waals surface area contributed by atoms with E-state index >= 15 is 0 Å². The molecule has 1 unspecified atom stereocenters. The summed E-state index contributed by atoms with van der Waals surface area (Å²) >= 11 is 9.70. The van der Waals surface area contributed by atoms with E-state index in [9.17, 15) is 0 Å². The fourth-order valence-electron chi connectivity index (χ4n) is 11.0. The van der Waals surface area contributed by atoms with Gasteiger partial charge in [-0.25, -0.2) is 0 Å². The second-order valence-electron chi connectivity index (χ2n) is 23.1. The normalized spacial score (nSPS) is 16.5. The summed E-state index contributed by atoms with van der Waals surface area (Å²) in [5.41, 5.74) is 16.0. The third-order valence-electron chi connectivity index (χ3n) is 14.6. The monoisotopic (exact) mass is 915 g/mol. The molecule has 0 aliphatic carbocycles. The molecule has 6 heteroatoms. The van der Waals surface area contributed by atoms with Crippen molar-refractivity contribution >= 4 is 127 Å². The summed E-state index contributed by atoms with van der Waals surface area (Å²) in [6, 6.07) is 49.0. The van der Waals surface area contributed by atoms with Crippen LogP contribution in [-0.2, 0) is 33.5 Å². The lowest BCUT2D eigenvalue weighted by molar-refractivity contribution is 0.590. The molecule has 3 aromatic heterocycles. The molecule has 0 spiro atoms. The van der Waals surface area contributed by atoms with Gasteiger partial charge in [0.05, 0.1) is 50.0 Å². The second-order valence-corrected chi connectivity index (χ2v) is 28.7. The van der Waals surface area contributed by atoms with Crippen LogP contribution >= 0.6 is 17.4 Å². The van der Waals surface area contributed by atoms with Gasteiger partial charge in [0, 0.05) is 53.6 Å². The molecular weight excluding hydrogens is 858 g/mol. The smallest absolute Gasteiger partial charge is 0.0801 e. The maximum Gasteiger partial charge on any atom is 0.0801 e. The molecule has 12 rings (SSSR count). The number of nitrogens with zero attached hydrogens (tertiary/aromatic N) is 3. The molecular formula is C60H58N3PS2. The van der Waals surface area contributed by atoms with Crippen LogP contribution in [0.15, 0.2) is 133 Å². The first-order chi connectivity index (χ1) is 31.2. The van der Waals surface area contributed by atoms with E-state index in [-0.39, 0.29) is 21.7 Å². The first-order valence-electron chi connectivity index (χ1n) is 23.5. The Kier molecular flexibility index (Phi) is 8.64. The van der Waals surface area contributed by atoms with E-state index in [0.29, 0.717) is 0 Å². The predicted molar refractivity (Wildman–Crippen MR) is 294 cm³/mol. The minimum absolute atomic E-state index is 0.0109. The van der Waals surface area contributed by atoms with E-state index < -0.39 is 6.04 Å². The summed E-state index contributed by atoms with van der Waals surface area (Å²) < 4.78 is 5.19. The minimum Gasteiger partial charge on any atom is -0.308 e. The lowest BCUT2D eigenvalue weighted by Crippen LogP contribution is -2.42. The molecule has 5 heterocycles. The molecule has 0 saturated heterocycles. The highest BCUT2D eigenvalue weighted by Gasteiger charge is 2.49. The number of hydrogen-bond donors (Lipinski definition) is 0. The van der Waals surface area contributed by atoms with E-state index in [1.54, 1.807) is 0 Å². The molecule has 7 aromatic carbocycles. The van der Waals surface area contributed by atoms with Crippen molar-refractivity contribution in [3.8, 4) is 0 Å². The zero-order chi connectivity index (χ0) is 46.2. The fourth-order valence-corrected chi connectivity index (χ4v) is 17.8. The molecule has 1 atom stereocenters. The second kappa shape index (κ2) is 13.6. The van der Waals surface area contributed by atoms with Gasteiger partial charge in [0.15, 0.2) is 0 Å². The third kappa shape index (κ3) is 5.76. The third-order valence-corrected chi connectivity index (χ3v) is 21.6. The Labute approximate surface area is 399 Å². The van der Waals surface area contributed by atoms with E-state index in [2.05, 4.69) is 231 Å². The van der Waals surface area contributed by atoms with Gasteiger partial charge in [-0.15, -0.1) is 11.3 Å². The zero-order valence-corrected chi connectivity index (χ0v) is 42.8. The number of benzene rings is 7. The van der Waals surface area contributed by atoms with E-state index in [4.69, 9.17) is 11.8 Å². The Bertz CT molecular complexity index is 3710. The van der Waals surface area contributed by atoms with Crippen molar-refractivity contribution in [3.05, 3.63) is 156 Å². The number of aromatic nitrogens is 1. The lowest BCUT2D eigenvalue weighted by Gasteiger charge is -2.46. The van der Waals surface area contributed by atoms with Crippen molar-refractivity contribution in [2.75, 3.05) is 9.80 Å². The summed E-state index contributed by atoms with van der Waals surface area (Å²) in [5.74, 6) is 0. The van der Waals surface area contributed by atoms with Crippen LogP contribution in [0.4, 0.5) is 34.1 Å². The predicted octanol–water partition coefficient (Wildman–Crippen LogP) is 16.6. The first kappa shape index (κ1) is 41.9. The number of thiophene rings is 1. The highest BCUT2D eigenvalue weighted by atomic mass is 32.4. The molecule has 0 saturated carbocycles. The van der Waals surface area contributed by atoms with Crippen LogP contribution in [0.1, 0.15) is 105 Å². The first-order valence-corrected chi connectivity index (χ1v) is 27.2. The average molecular weight is 916 g/mol. The van der Waals surface area contributed by atoms with Gasteiger partial charge in [0.1, 0.15) is 0 Å². The highest BCUT2D eigenvalue weighted by molar-refractivity contribution is 8.27. The molecule has 10 aromatic rings. The van der Waals surface area contributed by atoms with E-state index in [1.165, 1.54) is 108 Å². The molecule has 2 aliphatic heterocycles. The van der Waals surface area contributed by atoms with Crippen molar-refractivity contribution in [3.63, 3.8) is 0 Å². The van der Waals surface area contributed by atoms with Crippen molar-refractivity contribution in [2.24, 2.45) is 0 Å². The zero-order valence-electron chi connectivity index (χ0n) is 40.3. The fraction of sp³-hybridized carbons (Fsp3) is 0.267. The molecule has 0 bridgehead atoms. The summed E-state index contributed by atoms with van der Waals surface area (Å²) in [7, 11) is 0. The van der Waals surface area contributed by atoms with Gasteiger partial charge in [-0.1, -0.05) is 174 Å². The van der Waals surface area contributed by atoms with E-state index in [1.807, 2.05) is 11.3 Å². The summed E-state index contributed by atoms with van der Waals surface area (Å²) in [6.45, 7) is 27.9. The van der Waals surface area contributed by atoms with Gasteiger partial charge in [0.2, 0.25) is 0 Å². The number of fused-ring (bicyclic) bond motifs is 13. The van der Waals surface area contributed by atoms with Crippen LogP contribution in [0.3, 0.4) is 0 Å². The molecule has 0 amide bonds. The highest BCUT2D eigenvalue weighted by Crippen LogP contribution is 2.66. The molecule has 0 radical (unpaired) electrons. The maximum absolute atomic E-state index is 7.76. The summed E-state index contributed by atoms with van der Waals surface area (Å²) in [4.78, 5) is 5.24. The van der Waals surface area contributed by atoms with Crippen LogP contribution < -0.4 is 25.0 Å². The Balaban J connectivity index is 1.29. The SMILES string of the molecule is CC(C)(C)c1ccc(N2c3cc(C(C)(C)C)cc4c3P(=S)(c3ccc5c6cccc7c8ccccc8n(c5c3N4c3ccc(C(C)(C)C)cc3)c76)c3sc4ccc(C(C)(C)C)cc4c32)cc1. The number of anilines is 6. The van der Waals surface area contributed by atoms with Crippen molar-refractivity contribution in [1.82, 2.24) is 4.40 Å². The van der Waals surface area contributed by atoms with Gasteiger partial charge in [-0.05, 0) is 98.5 Å². The lowest BCUT2D eigenvalue weighted by atomic mass is 9.85. The summed E-state index contributed by atoms with van der Waals surface area (Å²) in [5, 5.41) is 8.94. The topological polar surface area (TPSA) is 10.9 Å². The number of para-hydroxylation sites is 2. The Morgan fingerprint density at radius 3 is 1.52 bits per heavy atom. The van der Waals surface area contributed by atoms with Crippen LogP contribution in [0.25, 0.3) is 48.2 Å². The number of rotatable bonds is 2. The van der Waals surface area contributed by atoms with Crippen LogP contribution in [0.2, 0.25) is 0 Å². The largest absolute Gasteiger partial charge is 0.308 e. The van der Waals surface area contributed by atoms with Gasteiger partial charge in [-0.2, -0.15) is 0 Å². The average Bonchev–Trinajstić information content (AvgIpc) is 3.93. The molecule has 66 heavy (non-hydrogen) atoms. The maximum atomic E-state index is 7.76. The van der Waals surface area contributed by atoms with Crippen molar-refractivity contribution in [2.45, 2.75) is 105 Å². The summed E-state index contributed by atoms with van der Waals surface area (Å²) in [6.07, 6.45) is 0.